The van der Waals surface area contributed by atoms with Crippen LogP contribution in [-0.2, 0) is 0 Å². The fraction of sp³-hybridized carbons (Fsp3) is 0.571. The summed E-state index contributed by atoms with van der Waals surface area (Å²) in [5.41, 5.74) is 0. The fourth-order valence-corrected chi connectivity index (χ4v) is 2.52. The molecule has 0 aliphatic heterocycles. The van der Waals surface area contributed by atoms with Crippen molar-refractivity contribution in [2.24, 2.45) is 5.92 Å². The maximum Gasteiger partial charge on any atom is 0.145 e. The number of rotatable bonds is 3. The first-order chi connectivity index (χ1) is 8.19. The van der Waals surface area contributed by atoms with Gasteiger partial charge in [-0.3, -0.25) is 0 Å². The van der Waals surface area contributed by atoms with Crippen LogP contribution >= 0.6 is 11.6 Å². The third-order valence-electron chi connectivity index (χ3n) is 3.56. The topological polar surface area (TPSA) is 9.23 Å². The quantitative estimate of drug-likeness (QED) is 0.753. The predicted octanol–water partition coefficient (Wildman–Crippen LogP) is 4.83. The Bertz CT molecular complexity index is 372. The van der Waals surface area contributed by atoms with Crippen LogP contribution in [0.25, 0.3) is 0 Å². The Morgan fingerprint density at radius 2 is 2.00 bits per heavy atom. The average Bonchev–Trinajstić information content (AvgIpc) is 2.35. The lowest BCUT2D eigenvalue weighted by Crippen LogP contribution is -2.23. The molecular weight excluding hydrogens is 239 g/mol. The first-order valence-corrected chi connectivity index (χ1v) is 6.68. The van der Waals surface area contributed by atoms with Gasteiger partial charge in [0, 0.05) is 6.07 Å². The van der Waals surface area contributed by atoms with Crippen molar-refractivity contribution < 1.29 is 9.13 Å². The molecule has 0 bridgehead atoms. The normalized spacial score (nSPS) is 24.6. The summed E-state index contributed by atoms with van der Waals surface area (Å²) in [5, 5.41) is 0.145. The molecule has 0 spiro atoms. The molecule has 17 heavy (non-hydrogen) atoms. The molecule has 94 valence electrons. The average molecular weight is 257 g/mol. The zero-order chi connectivity index (χ0) is 12.3. The highest BCUT2D eigenvalue weighted by molar-refractivity contribution is 6.30. The van der Waals surface area contributed by atoms with E-state index in [1.807, 2.05) is 0 Å². The van der Waals surface area contributed by atoms with Gasteiger partial charge < -0.3 is 4.74 Å². The van der Waals surface area contributed by atoms with E-state index in [2.05, 4.69) is 6.92 Å². The van der Waals surface area contributed by atoms with E-state index in [1.54, 1.807) is 12.1 Å². The monoisotopic (exact) mass is 256 g/mol. The Kier molecular flexibility index (Phi) is 4.27. The summed E-state index contributed by atoms with van der Waals surface area (Å²) in [5.74, 6) is 1.02. The van der Waals surface area contributed by atoms with Gasteiger partial charge >= 0.3 is 0 Å². The number of benzene rings is 1. The summed E-state index contributed by atoms with van der Waals surface area (Å²) in [6, 6.07) is 4.65. The molecule has 0 amide bonds. The summed E-state index contributed by atoms with van der Waals surface area (Å²) in [6.07, 6.45) is 6.07. The van der Waals surface area contributed by atoms with Gasteiger partial charge in [0.05, 0.1) is 11.1 Å². The van der Waals surface area contributed by atoms with Crippen molar-refractivity contribution in [2.75, 3.05) is 0 Å². The Morgan fingerprint density at radius 1 is 1.29 bits per heavy atom. The minimum absolute atomic E-state index is 0.145. The molecular formula is C14H18ClFO. The number of hydrogen-bond donors (Lipinski definition) is 0. The maximum atomic E-state index is 13.2. The molecule has 3 heteroatoms. The van der Waals surface area contributed by atoms with Gasteiger partial charge in [0.25, 0.3) is 0 Å². The summed E-state index contributed by atoms with van der Waals surface area (Å²) >= 11 is 5.63. The van der Waals surface area contributed by atoms with E-state index in [0.29, 0.717) is 5.75 Å². The minimum atomic E-state index is -0.411. The molecule has 1 aromatic rings. The van der Waals surface area contributed by atoms with Crippen LogP contribution in [0, 0.1) is 11.7 Å². The predicted molar refractivity (Wildman–Crippen MR) is 68.1 cm³/mol. The first-order valence-electron chi connectivity index (χ1n) is 6.30. The largest absolute Gasteiger partial charge is 0.490 e. The van der Waals surface area contributed by atoms with Crippen LogP contribution < -0.4 is 4.74 Å². The minimum Gasteiger partial charge on any atom is -0.490 e. The second-order valence-corrected chi connectivity index (χ2v) is 5.15. The highest BCUT2D eigenvalue weighted by Gasteiger charge is 2.21. The summed E-state index contributed by atoms with van der Waals surface area (Å²) < 4.78 is 19.0. The Balaban J connectivity index is 1.91. The van der Waals surface area contributed by atoms with Crippen LogP contribution in [0.4, 0.5) is 4.39 Å². The van der Waals surface area contributed by atoms with Crippen molar-refractivity contribution in [3.8, 4) is 5.75 Å². The van der Waals surface area contributed by atoms with Crippen molar-refractivity contribution in [3.05, 3.63) is 29.0 Å². The van der Waals surface area contributed by atoms with E-state index in [4.69, 9.17) is 16.3 Å². The molecule has 1 aliphatic rings. The van der Waals surface area contributed by atoms with E-state index in [1.165, 1.54) is 25.3 Å². The van der Waals surface area contributed by atoms with E-state index in [0.717, 1.165) is 18.8 Å². The summed E-state index contributed by atoms with van der Waals surface area (Å²) in [4.78, 5) is 0. The van der Waals surface area contributed by atoms with Gasteiger partial charge in [0.2, 0.25) is 0 Å². The zero-order valence-corrected chi connectivity index (χ0v) is 10.8. The van der Waals surface area contributed by atoms with Gasteiger partial charge in [-0.15, -0.1) is 0 Å². The number of halogens is 2. The van der Waals surface area contributed by atoms with Gasteiger partial charge in [-0.2, -0.15) is 0 Å². The van der Waals surface area contributed by atoms with E-state index in [9.17, 15) is 4.39 Å². The molecule has 1 aromatic carbocycles. The molecule has 0 unspecified atom stereocenters. The smallest absolute Gasteiger partial charge is 0.145 e. The van der Waals surface area contributed by atoms with Gasteiger partial charge in [-0.05, 0) is 43.7 Å². The lowest BCUT2D eigenvalue weighted by atomic mass is 9.86. The fourth-order valence-electron chi connectivity index (χ4n) is 2.40. The Hall–Kier alpha value is -0.760. The molecule has 0 atom stereocenters. The molecule has 1 saturated carbocycles. The molecule has 0 saturated heterocycles. The summed E-state index contributed by atoms with van der Waals surface area (Å²) in [7, 11) is 0. The van der Waals surface area contributed by atoms with Gasteiger partial charge in [-0.1, -0.05) is 24.9 Å². The zero-order valence-electron chi connectivity index (χ0n) is 10.1. The molecule has 2 rings (SSSR count). The van der Waals surface area contributed by atoms with Crippen LogP contribution in [-0.4, -0.2) is 6.10 Å². The van der Waals surface area contributed by atoms with Crippen LogP contribution in [0.1, 0.15) is 39.0 Å². The highest BCUT2D eigenvalue weighted by atomic mass is 35.5. The second kappa shape index (κ2) is 5.72. The van der Waals surface area contributed by atoms with Crippen molar-refractivity contribution >= 4 is 11.6 Å². The van der Waals surface area contributed by atoms with Crippen LogP contribution in [0.5, 0.6) is 5.75 Å². The molecule has 0 radical (unpaired) electrons. The van der Waals surface area contributed by atoms with Crippen LogP contribution in [0.15, 0.2) is 18.2 Å². The van der Waals surface area contributed by atoms with E-state index >= 15 is 0 Å². The van der Waals surface area contributed by atoms with Crippen molar-refractivity contribution in [1.82, 2.24) is 0 Å². The summed E-state index contributed by atoms with van der Waals surface area (Å²) in [6.45, 7) is 2.24. The standard InChI is InChI=1S/C14H18ClFO/c1-2-10-3-5-11(6-4-10)17-12-7-8-13(15)14(16)9-12/h7-11H,2-6H2,1H3. The molecule has 1 aliphatic carbocycles. The molecule has 0 aromatic heterocycles. The molecule has 1 nitrogen and oxygen atoms in total. The Morgan fingerprint density at radius 3 is 2.59 bits per heavy atom. The SMILES string of the molecule is CCC1CCC(Oc2ccc(Cl)c(F)c2)CC1. The third kappa shape index (κ3) is 3.35. The van der Waals surface area contributed by atoms with Crippen molar-refractivity contribution in [1.29, 1.82) is 0 Å². The van der Waals surface area contributed by atoms with Gasteiger partial charge in [0.15, 0.2) is 0 Å². The number of hydrogen-bond acceptors (Lipinski definition) is 1. The van der Waals surface area contributed by atoms with E-state index < -0.39 is 5.82 Å². The first kappa shape index (κ1) is 12.7. The van der Waals surface area contributed by atoms with Crippen molar-refractivity contribution in [2.45, 2.75) is 45.1 Å². The molecule has 0 N–H and O–H groups in total. The third-order valence-corrected chi connectivity index (χ3v) is 3.87. The van der Waals surface area contributed by atoms with Gasteiger partial charge in [-0.25, -0.2) is 4.39 Å². The van der Waals surface area contributed by atoms with Crippen LogP contribution in [0.2, 0.25) is 5.02 Å². The molecule has 1 fully saturated rings. The highest BCUT2D eigenvalue weighted by Crippen LogP contribution is 2.30. The molecule has 0 heterocycles. The van der Waals surface area contributed by atoms with Crippen LogP contribution in [0.3, 0.4) is 0 Å². The Labute approximate surface area is 107 Å². The maximum absolute atomic E-state index is 13.2. The van der Waals surface area contributed by atoms with Crippen molar-refractivity contribution in [3.63, 3.8) is 0 Å². The number of ether oxygens (including phenoxy) is 1. The second-order valence-electron chi connectivity index (χ2n) is 4.74. The van der Waals surface area contributed by atoms with Gasteiger partial charge in [0.1, 0.15) is 11.6 Å². The lowest BCUT2D eigenvalue weighted by Gasteiger charge is -2.28. The van der Waals surface area contributed by atoms with E-state index in [-0.39, 0.29) is 11.1 Å². The lowest BCUT2D eigenvalue weighted by molar-refractivity contribution is 0.129.